The van der Waals surface area contributed by atoms with Crippen LogP contribution in [0, 0.1) is 6.92 Å². The molecule has 0 unspecified atom stereocenters. The summed E-state index contributed by atoms with van der Waals surface area (Å²) in [5.41, 5.74) is 4.41. The SMILES string of the molecule is CCOc1ccccc1Nc1nccc(Nc2c(C)cccc2C(C)C)n1. The zero-order valence-corrected chi connectivity index (χ0v) is 16.3. The van der Waals surface area contributed by atoms with Crippen LogP contribution in [0.15, 0.2) is 54.7 Å². The Morgan fingerprint density at radius 1 is 1.00 bits per heavy atom. The molecule has 0 bridgehead atoms. The van der Waals surface area contributed by atoms with Gasteiger partial charge in [0.1, 0.15) is 11.6 Å². The van der Waals surface area contributed by atoms with Crippen LogP contribution >= 0.6 is 0 Å². The number of ether oxygens (including phenoxy) is 1. The smallest absolute Gasteiger partial charge is 0.229 e. The van der Waals surface area contributed by atoms with E-state index in [0.717, 1.165) is 22.9 Å². The molecule has 0 fully saturated rings. The number of nitrogens with one attached hydrogen (secondary N) is 2. The molecule has 0 saturated heterocycles. The van der Waals surface area contributed by atoms with Gasteiger partial charge in [0.05, 0.1) is 12.3 Å². The Labute approximate surface area is 160 Å². The minimum absolute atomic E-state index is 0.421. The van der Waals surface area contributed by atoms with Gasteiger partial charge in [-0.2, -0.15) is 4.98 Å². The van der Waals surface area contributed by atoms with Gasteiger partial charge in [-0.25, -0.2) is 4.98 Å². The summed E-state index contributed by atoms with van der Waals surface area (Å²) < 4.78 is 5.66. The quantitative estimate of drug-likeness (QED) is 0.557. The molecule has 27 heavy (non-hydrogen) atoms. The molecule has 2 N–H and O–H groups in total. The van der Waals surface area contributed by atoms with Crippen molar-refractivity contribution in [2.45, 2.75) is 33.6 Å². The summed E-state index contributed by atoms with van der Waals surface area (Å²) in [5.74, 6) is 2.47. The maximum Gasteiger partial charge on any atom is 0.229 e. The lowest BCUT2D eigenvalue weighted by Crippen LogP contribution is -2.04. The third-order valence-electron chi connectivity index (χ3n) is 4.27. The Bertz CT molecular complexity index is 908. The zero-order valence-electron chi connectivity index (χ0n) is 16.3. The van der Waals surface area contributed by atoms with Gasteiger partial charge in [0, 0.05) is 11.9 Å². The van der Waals surface area contributed by atoms with Crippen LogP contribution in [0.4, 0.5) is 23.1 Å². The van der Waals surface area contributed by atoms with Crippen LogP contribution in [0.1, 0.15) is 37.8 Å². The second-order valence-corrected chi connectivity index (χ2v) is 6.64. The Morgan fingerprint density at radius 2 is 1.81 bits per heavy atom. The topological polar surface area (TPSA) is 59.1 Å². The second kappa shape index (κ2) is 8.54. The number of hydrogen-bond donors (Lipinski definition) is 2. The van der Waals surface area contributed by atoms with E-state index < -0.39 is 0 Å². The highest BCUT2D eigenvalue weighted by molar-refractivity contribution is 5.67. The van der Waals surface area contributed by atoms with Gasteiger partial charge in [-0.15, -0.1) is 0 Å². The number of para-hydroxylation sites is 3. The van der Waals surface area contributed by atoms with E-state index in [4.69, 9.17) is 4.74 Å². The maximum absolute atomic E-state index is 5.66. The lowest BCUT2D eigenvalue weighted by atomic mass is 9.98. The highest BCUT2D eigenvalue weighted by Gasteiger charge is 2.11. The van der Waals surface area contributed by atoms with Gasteiger partial charge >= 0.3 is 0 Å². The number of hydrogen-bond acceptors (Lipinski definition) is 5. The normalized spacial score (nSPS) is 10.7. The average molecular weight is 362 g/mol. The minimum Gasteiger partial charge on any atom is -0.492 e. The van der Waals surface area contributed by atoms with Crippen LogP contribution in [-0.4, -0.2) is 16.6 Å². The highest BCUT2D eigenvalue weighted by atomic mass is 16.5. The third kappa shape index (κ3) is 4.56. The zero-order chi connectivity index (χ0) is 19.2. The van der Waals surface area contributed by atoms with Crippen molar-refractivity contribution in [2.24, 2.45) is 0 Å². The maximum atomic E-state index is 5.66. The molecule has 0 aliphatic rings. The third-order valence-corrected chi connectivity index (χ3v) is 4.27. The first-order valence-electron chi connectivity index (χ1n) is 9.27. The number of aromatic nitrogens is 2. The molecule has 140 valence electrons. The summed E-state index contributed by atoms with van der Waals surface area (Å²) in [6.07, 6.45) is 1.74. The van der Waals surface area contributed by atoms with E-state index in [0.29, 0.717) is 18.5 Å². The summed E-state index contributed by atoms with van der Waals surface area (Å²) in [6.45, 7) is 9.06. The Hall–Kier alpha value is -3.08. The monoisotopic (exact) mass is 362 g/mol. The van der Waals surface area contributed by atoms with Gasteiger partial charge < -0.3 is 15.4 Å². The molecule has 3 aromatic rings. The predicted octanol–water partition coefficient (Wildman–Crippen LogP) is 5.79. The fourth-order valence-electron chi connectivity index (χ4n) is 2.93. The Balaban J connectivity index is 1.86. The molecule has 0 amide bonds. The van der Waals surface area contributed by atoms with E-state index in [1.165, 1.54) is 11.1 Å². The standard InChI is InChI=1S/C22H26N4O/c1-5-27-19-12-7-6-11-18(19)24-22-23-14-13-20(26-22)25-21-16(4)9-8-10-17(21)15(2)3/h6-15H,5H2,1-4H3,(H2,23,24,25,26). The summed E-state index contributed by atoms with van der Waals surface area (Å²) in [6, 6.07) is 16.0. The van der Waals surface area contributed by atoms with Gasteiger partial charge in [-0.05, 0) is 49.1 Å². The lowest BCUT2D eigenvalue weighted by Gasteiger charge is -2.17. The molecule has 0 aliphatic carbocycles. The van der Waals surface area contributed by atoms with Crippen LogP contribution in [0.5, 0.6) is 5.75 Å². The van der Waals surface area contributed by atoms with Crippen molar-refractivity contribution >= 4 is 23.1 Å². The summed E-state index contributed by atoms with van der Waals surface area (Å²) >= 11 is 0. The molecule has 0 atom stereocenters. The van der Waals surface area contributed by atoms with Crippen molar-refractivity contribution in [3.63, 3.8) is 0 Å². The molecule has 0 aliphatic heterocycles. The number of rotatable bonds is 7. The van der Waals surface area contributed by atoms with Crippen LogP contribution in [-0.2, 0) is 0 Å². The largest absolute Gasteiger partial charge is 0.492 e. The van der Waals surface area contributed by atoms with Crippen molar-refractivity contribution in [1.82, 2.24) is 9.97 Å². The first-order valence-corrected chi connectivity index (χ1v) is 9.27. The van der Waals surface area contributed by atoms with Gasteiger partial charge in [-0.3, -0.25) is 0 Å². The Morgan fingerprint density at radius 3 is 2.59 bits per heavy atom. The van der Waals surface area contributed by atoms with E-state index in [2.05, 4.69) is 59.6 Å². The molecule has 1 heterocycles. The number of benzene rings is 2. The van der Waals surface area contributed by atoms with Crippen molar-refractivity contribution in [1.29, 1.82) is 0 Å². The molecular formula is C22H26N4O. The number of nitrogens with zero attached hydrogens (tertiary/aromatic N) is 2. The molecule has 3 rings (SSSR count). The van der Waals surface area contributed by atoms with Crippen LogP contribution < -0.4 is 15.4 Å². The molecule has 5 nitrogen and oxygen atoms in total. The number of anilines is 4. The van der Waals surface area contributed by atoms with Gasteiger partial charge in [0.15, 0.2) is 0 Å². The predicted molar refractivity (Wildman–Crippen MR) is 111 cm³/mol. The lowest BCUT2D eigenvalue weighted by molar-refractivity contribution is 0.342. The fraction of sp³-hybridized carbons (Fsp3) is 0.273. The molecule has 0 saturated carbocycles. The first-order chi connectivity index (χ1) is 13.1. The van der Waals surface area contributed by atoms with Gasteiger partial charge in [0.2, 0.25) is 5.95 Å². The van der Waals surface area contributed by atoms with Gasteiger partial charge in [-0.1, -0.05) is 44.2 Å². The van der Waals surface area contributed by atoms with Crippen molar-refractivity contribution in [3.8, 4) is 5.75 Å². The van der Waals surface area contributed by atoms with Crippen molar-refractivity contribution in [2.75, 3.05) is 17.2 Å². The van der Waals surface area contributed by atoms with E-state index in [1.54, 1.807) is 6.20 Å². The molecular weight excluding hydrogens is 336 g/mol. The van der Waals surface area contributed by atoms with Crippen LogP contribution in [0.25, 0.3) is 0 Å². The molecule has 2 aromatic carbocycles. The van der Waals surface area contributed by atoms with Crippen molar-refractivity contribution < 1.29 is 4.74 Å². The highest BCUT2D eigenvalue weighted by Crippen LogP contribution is 2.30. The Kier molecular flexibility index (Phi) is 5.91. The van der Waals surface area contributed by atoms with E-state index in [1.807, 2.05) is 37.3 Å². The molecule has 0 spiro atoms. The summed E-state index contributed by atoms with van der Waals surface area (Å²) in [5, 5.41) is 6.71. The molecule has 5 heteroatoms. The summed E-state index contributed by atoms with van der Waals surface area (Å²) in [7, 11) is 0. The van der Waals surface area contributed by atoms with Gasteiger partial charge in [0.25, 0.3) is 0 Å². The van der Waals surface area contributed by atoms with Crippen LogP contribution in [0.3, 0.4) is 0 Å². The van der Waals surface area contributed by atoms with Crippen molar-refractivity contribution in [3.05, 3.63) is 65.9 Å². The molecule has 1 aromatic heterocycles. The summed E-state index contributed by atoms with van der Waals surface area (Å²) in [4.78, 5) is 8.96. The van der Waals surface area contributed by atoms with Crippen LogP contribution in [0.2, 0.25) is 0 Å². The van der Waals surface area contributed by atoms with E-state index in [-0.39, 0.29) is 0 Å². The average Bonchev–Trinajstić information content (AvgIpc) is 2.65. The van der Waals surface area contributed by atoms with E-state index >= 15 is 0 Å². The van der Waals surface area contributed by atoms with E-state index in [9.17, 15) is 0 Å². The minimum atomic E-state index is 0.421. The molecule has 0 radical (unpaired) electrons. The fourth-order valence-corrected chi connectivity index (χ4v) is 2.93. The second-order valence-electron chi connectivity index (χ2n) is 6.64. The number of aryl methyl sites for hydroxylation is 1. The first kappa shape index (κ1) is 18.7.